The predicted molar refractivity (Wildman–Crippen MR) is 133 cm³/mol. The van der Waals surface area contributed by atoms with Gasteiger partial charge in [-0.05, 0) is 25.2 Å². The van der Waals surface area contributed by atoms with Crippen LogP contribution in [0.5, 0.6) is 0 Å². The van der Waals surface area contributed by atoms with Crippen molar-refractivity contribution in [1.29, 1.82) is 0 Å². The van der Waals surface area contributed by atoms with Crippen molar-refractivity contribution in [3.8, 4) is 0 Å². The Balaban J connectivity index is 2.32. The monoisotopic (exact) mass is 433 g/mol. The van der Waals surface area contributed by atoms with E-state index in [0.29, 0.717) is 12.8 Å². The molecule has 31 heavy (non-hydrogen) atoms. The van der Waals surface area contributed by atoms with E-state index in [9.17, 15) is 9.59 Å². The summed E-state index contributed by atoms with van der Waals surface area (Å²) in [5.74, 6) is 0.845. The number of likely N-dealkylation sites (tertiary alicyclic amines) is 1. The topological polar surface area (TPSA) is 37.4 Å². The van der Waals surface area contributed by atoms with Crippen molar-refractivity contribution in [2.75, 3.05) is 0 Å². The van der Waals surface area contributed by atoms with E-state index in [1.807, 2.05) is 0 Å². The third-order valence-electron chi connectivity index (χ3n) is 6.75. The number of hydrogen-bond donors (Lipinski definition) is 0. The maximum Gasteiger partial charge on any atom is 0.230 e. The van der Waals surface area contributed by atoms with E-state index in [0.717, 1.165) is 25.2 Å². The predicted octanol–water partition coefficient (Wildman–Crippen LogP) is 8.37. The van der Waals surface area contributed by atoms with Crippen LogP contribution in [0.4, 0.5) is 0 Å². The summed E-state index contributed by atoms with van der Waals surface area (Å²) in [4.78, 5) is 26.1. The lowest BCUT2D eigenvalue weighted by molar-refractivity contribution is -0.140. The van der Waals surface area contributed by atoms with Crippen LogP contribution < -0.4 is 0 Å². The molecule has 0 spiro atoms. The van der Waals surface area contributed by atoms with Crippen molar-refractivity contribution < 1.29 is 9.59 Å². The molecular weight excluding hydrogens is 382 g/mol. The summed E-state index contributed by atoms with van der Waals surface area (Å²) in [5, 5.41) is 0. The fourth-order valence-electron chi connectivity index (χ4n) is 4.66. The maximum atomic E-state index is 12.3. The average Bonchev–Trinajstić information content (AvgIpc) is 3.09. The zero-order valence-electron chi connectivity index (χ0n) is 21.0. The molecule has 2 atom stereocenters. The number of carbonyl (C=O) groups excluding carboxylic acids is 2. The van der Waals surface area contributed by atoms with Crippen molar-refractivity contribution in [3.63, 3.8) is 0 Å². The van der Waals surface area contributed by atoms with E-state index in [1.54, 1.807) is 4.90 Å². The van der Waals surface area contributed by atoms with E-state index >= 15 is 0 Å². The highest BCUT2D eigenvalue weighted by molar-refractivity contribution is 6.02. The van der Waals surface area contributed by atoms with Gasteiger partial charge in [-0.25, -0.2) is 0 Å². The van der Waals surface area contributed by atoms with Crippen molar-refractivity contribution in [1.82, 2.24) is 4.90 Å². The van der Waals surface area contributed by atoms with E-state index in [4.69, 9.17) is 0 Å². The van der Waals surface area contributed by atoms with E-state index in [-0.39, 0.29) is 17.9 Å². The van der Waals surface area contributed by atoms with Gasteiger partial charge in [0.1, 0.15) is 0 Å². The van der Waals surface area contributed by atoms with Crippen molar-refractivity contribution in [2.24, 2.45) is 5.92 Å². The molecule has 1 saturated heterocycles. The SMILES string of the molecule is CCCCCCCC/C=C/C(CCCCC(C)CCCCCCC)N1C(=O)CCC1=O. The number of amides is 2. The molecule has 1 aliphatic rings. The normalized spacial score (nSPS) is 16.5. The molecule has 180 valence electrons. The van der Waals surface area contributed by atoms with Crippen LogP contribution >= 0.6 is 0 Å². The number of unbranched alkanes of at least 4 members (excludes halogenated alkanes) is 11. The number of hydrogen-bond acceptors (Lipinski definition) is 2. The molecular formula is C28H51NO2. The Kier molecular flexibility index (Phi) is 16.6. The first kappa shape index (κ1) is 27.9. The van der Waals surface area contributed by atoms with Crippen LogP contribution in [-0.2, 0) is 9.59 Å². The van der Waals surface area contributed by atoms with Gasteiger partial charge in [0.25, 0.3) is 0 Å². The fourth-order valence-corrected chi connectivity index (χ4v) is 4.66. The summed E-state index contributed by atoms with van der Waals surface area (Å²) >= 11 is 0. The van der Waals surface area contributed by atoms with Gasteiger partial charge in [0.2, 0.25) is 11.8 Å². The minimum atomic E-state index is -0.0214. The molecule has 3 heteroatoms. The summed E-state index contributed by atoms with van der Waals surface area (Å²) < 4.78 is 0. The Morgan fingerprint density at radius 3 is 1.81 bits per heavy atom. The van der Waals surface area contributed by atoms with Gasteiger partial charge in [-0.1, -0.05) is 123 Å². The molecule has 1 aliphatic heterocycles. The molecule has 1 rings (SSSR count). The lowest BCUT2D eigenvalue weighted by atomic mass is 9.95. The standard InChI is InChI=1S/C28H51NO2/c1-4-6-8-10-11-12-14-16-21-26(29-27(30)23-24-28(29)31)22-18-17-20-25(3)19-15-13-9-7-5-2/h16,21,25-26H,4-15,17-20,22-24H2,1-3H3/b21-16+. The molecule has 0 aliphatic carbocycles. The Bertz CT molecular complexity index is 483. The second kappa shape index (κ2) is 18.5. The number of nitrogens with zero attached hydrogens (tertiary/aromatic N) is 1. The first-order valence-electron chi connectivity index (χ1n) is 13.6. The Hall–Kier alpha value is -1.12. The second-order valence-corrected chi connectivity index (χ2v) is 9.80. The van der Waals surface area contributed by atoms with Crippen LogP contribution in [0.25, 0.3) is 0 Å². The van der Waals surface area contributed by atoms with Crippen LogP contribution in [0.1, 0.15) is 143 Å². The molecule has 0 saturated carbocycles. The molecule has 0 aromatic carbocycles. The third kappa shape index (κ3) is 13.1. The molecule has 3 nitrogen and oxygen atoms in total. The van der Waals surface area contributed by atoms with Gasteiger partial charge in [-0.15, -0.1) is 0 Å². The highest BCUT2D eigenvalue weighted by atomic mass is 16.2. The van der Waals surface area contributed by atoms with Gasteiger partial charge < -0.3 is 0 Å². The van der Waals surface area contributed by atoms with Gasteiger partial charge in [-0.3, -0.25) is 14.5 Å². The summed E-state index contributed by atoms with van der Waals surface area (Å²) in [6.07, 6.45) is 26.7. The smallest absolute Gasteiger partial charge is 0.230 e. The first-order chi connectivity index (χ1) is 15.1. The third-order valence-corrected chi connectivity index (χ3v) is 6.75. The molecule has 1 heterocycles. The molecule has 2 amide bonds. The number of rotatable bonds is 20. The summed E-state index contributed by atoms with van der Waals surface area (Å²) in [7, 11) is 0. The molecule has 0 aromatic heterocycles. The summed E-state index contributed by atoms with van der Waals surface area (Å²) in [5.41, 5.74) is 0. The first-order valence-corrected chi connectivity index (χ1v) is 13.6. The summed E-state index contributed by atoms with van der Waals surface area (Å²) in [6.45, 7) is 6.90. The molecule has 2 unspecified atom stereocenters. The molecule has 0 aromatic rings. The minimum Gasteiger partial charge on any atom is -0.276 e. The van der Waals surface area contributed by atoms with E-state index < -0.39 is 0 Å². The highest BCUT2D eigenvalue weighted by Crippen LogP contribution is 2.23. The highest BCUT2D eigenvalue weighted by Gasteiger charge is 2.33. The van der Waals surface area contributed by atoms with Crippen molar-refractivity contribution in [3.05, 3.63) is 12.2 Å². The molecule has 0 radical (unpaired) electrons. The second-order valence-electron chi connectivity index (χ2n) is 9.80. The van der Waals surface area contributed by atoms with E-state index in [1.165, 1.54) is 89.9 Å². The van der Waals surface area contributed by atoms with Crippen LogP contribution in [0, 0.1) is 5.92 Å². The quantitative estimate of drug-likeness (QED) is 0.110. The van der Waals surface area contributed by atoms with Crippen molar-refractivity contribution in [2.45, 2.75) is 149 Å². The van der Waals surface area contributed by atoms with Gasteiger partial charge in [0.05, 0.1) is 6.04 Å². The lowest BCUT2D eigenvalue weighted by Crippen LogP contribution is -2.38. The van der Waals surface area contributed by atoms with Gasteiger partial charge in [0.15, 0.2) is 0 Å². The largest absolute Gasteiger partial charge is 0.276 e. The fraction of sp³-hybridized carbons (Fsp3) is 0.857. The van der Waals surface area contributed by atoms with Crippen LogP contribution in [0.2, 0.25) is 0 Å². The Morgan fingerprint density at radius 2 is 1.19 bits per heavy atom. The molecule has 1 fully saturated rings. The maximum absolute atomic E-state index is 12.3. The Morgan fingerprint density at radius 1 is 0.710 bits per heavy atom. The number of allylic oxidation sites excluding steroid dienone is 1. The van der Waals surface area contributed by atoms with Crippen LogP contribution in [-0.4, -0.2) is 22.8 Å². The van der Waals surface area contributed by atoms with Crippen molar-refractivity contribution >= 4 is 11.8 Å². The van der Waals surface area contributed by atoms with Crippen LogP contribution in [0.15, 0.2) is 12.2 Å². The minimum absolute atomic E-state index is 0.0214. The lowest BCUT2D eigenvalue weighted by Gasteiger charge is -2.24. The summed E-state index contributed by atoms with van der Waals surface area (Å²) in [6, 6.07) is -0.0214. The number of carbonyl (C=O) groups is 2. The molecule has 0 bridgehead atoms. The van der Waals surface area contributed by atoms with Gasteiger partial charge in [-0.2, -0.15) is 0 Å². The average molecular weight is 434 g/mol. The molecule has 0 N–H and O–H groups in total. The van der Waals surface area contributed by atoms with Gasteiger partial charge >= 0.3 is 0 Å². The number of imide groups is 1. The zero-order chi connectivity index (χ0) is 22.7. The van der Waals surface area contributed by atoms with Crippen LogP contribution in [0.3, 0.4) is 0 Å². The van der Waals surface area contributed by atoms with Gasteiger partial charge in [0, 0.05) is 12.8 Å². The zero-order valence-corrected chi connectivity index (χ0v) is 21.0. The van der Waals surface area contributed by atoms with E-state index in [2.05, 4.69) is 32.9 Å². The Labute approximate surface area is 193 Å².